The highest BCUT2D eigenvalue weighted by Gasteiger charge is 2.15. The minimum atomic E-state index is 0.188. The van der Waals surface area contributed by atoms with Gasteiger partial charge in [0, 0.05) is 16.1 Å². The summed E-state index contributed by atoms with van der Waals surface area (Å²) in [5.74, 6) is 0.188. The van der Waals surface area contributed by atoms with Crippen LogP contribution in [-0.4, -0.2) is 29.8 Å². The largest absolute Gasteiger partial charge is 0.293 e. The van der Waals surface area contributed by atoms with Gasteiger partial charge in [-0.05, 0) is 32.0 Å². The van der Waals surface area contributed by atoms with Crippen molar-refractivity contribution in [3.05, 3.63) is 34.3 Å². The Labute approximate surface area is 112 Å². The molecule has 0 radical (unpaired) electrons. The van der Waals surface area contributed by atoms with E-state index in [1.54, 1.807) is 0 Å². The van der Waals surface area contributed by atoms with Crippen LogP contribution in [0.1, 0.15) is 37.6 Å². The fourth-order valence-electron chi connectivity index (χ4n) is 1.78. The molecule has 94 valence electrons. The SMILES string of the molecule is CCC(C)N(CC)CC(=O)c1cccc(Br)c1. The summed E-state index contributed by atoms with van der Waals surface area (Å²) in [5.41, 5.74) is 0.779. The van der Waals surface area contributed by atoms with Gasteiger partial charge in [-0.1, -0.05) is 41.9 Å². The molecule has 0 aromatic heterocycles. The smallest absolute Gasteiger partial charge is 0.176 e. The minimum Gasteiger partial charge on any atom is -0.293 e. The summed E-state index contributed by atoms with van der Waals surface area (Å²) in [7, 11) is 0. The van der Waals surface area contributed by atoms with Crippen LogP contribution < -0.4 is 0 Å². The molecule has 0 bridgehead atoms. The molecule has 0 saturated carbocycles. The Balaban J connectivity index is 2.71. The first kappa shape index (κ1) is 14.4. The van der Waals surface area contributed by atoms with Gasteiger partial charge in [0.05, 0.1) is 6.54 Å². The quantitative estimate of drug-likeness (QED) is 0.745. The Morgan fingerprint density at radius 1 is 1.41 bits per heavy atom. The van der Waals surface area contributed by atoms with Crippen molar-refractivity contribution in [2.45, 2.75) is 33.2 Å². The number of hydrogen-bond acceptors (Lipinski definition) is 2. The molecule has 1 rings (SSSR count). The van der Waals surface area contributed by atoms with Crippen molar-refractivity contribution in [3.63, 3.8) is 0 Å². The molecule has 0 amide bonds. The third-order valence-corrected chi connectivity index (χ3v) is 3.61. The van der Waals surface area contributed by atoms with Crippen LogP contribution >= 0.6 is 15.9 Å². The molecule has 0 heterocycles. The van der Waals surface area contributed by atoms with E-state index in [1.807, 2.05) is 24.3 Å². The second-order valence-corrected chi connectivity index (χ2v) is 5.17. The van der Waals surface area contributed by atoms with E-state index in [-0.39, 0.29) is 5.78 Å². The molecule has 1 aromatic carbocycles. The Morgan fingerprint density at radius 2 is 2.12 bits per heavy atom. The van der Waals surface area contributed by atoms with Gasteiger partial charge >= 0.3 is 0 Å². The maximum Gasteiger partial charge on any atom is 0.176 e. The molecule has 0 aliphatic carbocycles. The predicted octanol–water partition coefficient (Wildman–Crippen LogP) is 3.75. The summed E-state index contributed by atoms with van der Waals surface area (Å²) >= 11 is 3.39. The molecule has 0 spiro atoms. The first-order valence-corrected chi connectivity index (χ1v) is 6.90. The van der Waals surface area contributed by atoms with Crippen LogP contribution in [0.15, 0.2) is 28.7 Å². The van der Waals surface area contributed by atoms with Gasteiger partial charge in [0.2, 0.25) is 0 Å². The van der Waals surface area contributed by atoms with Crippen LogP contribution in [0.3, 0.4) is 0 Å². The molecule has 1 atom stereocenters. The number of ketones is 1. The summed E-state index contributed by atoms with van der Waals surface area (Å²) in [6.07, 6.45) is 1.07. The Bertz CT molecular complexity index is 378. The third-order valence-electron chi connectivity index (χ3n) is 3.11. The first-order valence-electron chi connectivity index (χ1n) is 6.11. The topological polar surface area (TPSA) is 20.3 Å². The van der Waals surface area contributed by atoms with Gasteiger partial charge in [-0.3, -0.25) is 9.69 Å². The van der Waals surface area contributed by atoms with Crippen LogP contribution in [0, 0.1) is 0 Å². The van der Waals surface area contributed by atoms with Crippen LogP contribution in [0.25, 0.3) is 0 Å². The van der Waals surface area contributed by atoms with Crippen LogP contribution in [-0.2, 0) is 0 Å². The number of hydrogen-bond donors (Lipinski definition) is 0. The van der Waals surface area contributed by atoms with E-state index in [1.165, 1.54) is 0 Å². The lowest BCUT2D eigenvalue weighted by Crippen LogP contribution is -2.36. The molecule has 0 aliphatic heterocycles. The van der Waals surface area contributed by atoms with Crippen LogP contribution in [0.5, 0.6) is 0 Å². The number of likely N-dealkylation sites (N-methyl/N-ethyl adjacent to an activating group) is 1. The zero-order valence-electron chi connectivity index (χ0n) is 10.7. The molecular formula is C14H20BrNO. The van der Waals surface area contributed by atoms with Crippen molar-refractivity contribution in [3.8, 4) is 0 Å². The molecule has 3 heteroatoms. The fourth-order valence-corrected chi connectivity index (χ4v) is 2.17. The highest BCUT2D eigenvalue weighted by molar-refractivity contribution is 9.10. The number of nitrogens with zero attached hydrogens (tertiary/aromatic N) is 1. The van der Waals surface area contributed by atoms with Gasteiger partial charge in [-0.25, -0.2) is 0 Å². The third kappa shape index (κ3) is 4.25. The Morgan fingerprint density at radius 3 is 2.65 bits per heavy atom. The maximum absolute atomic E-state index is 12.1. The summed E-state index contributed by atoms with van der Waals surface area (Å²) in [6.45, 7) is 7.83. The molecule has 17 heavy (non-hydrogen) atoms. The monoisotopic (exact) mass is 297 g/mol. The maximum atomic E-state index is 12.1. The molecule has 0 fully saturated rings. The second kappa shape index (κ2) is 6.92. The van der Waals surface area contributed by atoms with E-state index in [9.17, 15) is 4.79 Å². The molecule has 1 aromatic rings. The number of rotatable bonds is 6. The van der Waals surface area contributed by atoms with Crippen molar-refractivity contribution < 1.29 is 4.79 Å². The number of carbonyl (C=O) groups excluding carboxylic acids is 1. The summed E-state index contributed by atoms with van der Waals surface area (Å²) < 4.78 is 0.954. The zero-order valence-corrected chi connectivity index (χ0v) is 12.3. The highest BCUT2D eigenvalue weighted by Crippen LogP contribution is 2.13. The van der Waals surface area contributed by atoms with E-state index in [0.29, 0.717) is 12.6 Å². The normalized spacial score (nSPS) is 12.8. The molecule has 0 saturated heterocycles. The summed E-state index contributed by atoms with van der Waals surface area (Å²) in [4.78, 5) is 14.3. The highest BCUT2D eigenvalue weighted by atomic mass is 79.9. The van der Waals surface area contributed by atoms with Crippen LogP contribution in [0.2, 0.25) is 0 Å². The summed E-state index contributed by atoms with van der Waals surface area (Å²) in [5, 5.41) is 0. The molecule has 0 aliphatic rings. The standard InChI is InChI=1S/C14H20BrNO/c1-4-11(3)16(5-2)10-14(17)12-7-6-8-13(15)9-12/h6-9,11H,4-5,10H2,1-3H3. The van der Waals surface area contributed by atoms with Gasteiger partial charge in [0.25, 0.3) is 0 Å². The molecule has 2 nitrogen and oxygen atoms in total. The Kier molecular flexibility index (Phi) is 5.86. The molecular weight excluding hydrogens is 278 g/mol. The van der Waals surface area contributed by atoms with Gasteiger partial charge in [-0.2, -0.15) is 0 Å². The Hall–Kier alpha value is -0.670. The van der Waals surface area contributed by atoms with Crippen molar-refractivity contribution in [1.29, 1.82) is 0 Å². The average Bonchev–Trinajstić information content (AvgIpc) is 2.34. The van der Waals surface area contributed by atoms with Crippen molar-refractivity contribution >= 4 is 21.7 Å². The second-order valence-electron chi connectivity index (χ2n) is 4.25. The van der Waals surface area contributed by atoms with E-state index in [0.717, 1.165) is 23.0 Å². The lowest BCUT2D eigenvalue weighted by atomic mass is 10.1. The molecule has 1 unspecified atom stereocenters. The van der Waals surface area contributed by atoms with Gasteiger partial charge < -0.3 is 0 Å². The fraction of sp³-hybridized carbons (Fsp3) is 0.500. The minimum absolute atomic E-state index is 0.188. The van der Waals surface area contributed by atoms with Crippen LogP contribution in [0.4, 0.5) is 0 Å². The molecule has 0 N–H and O–H groups in total. The van der Waals surface area contributed by atoms with Crippen molar-refractivity contribution in [1.82, 2.24) is 4.90 Å². The number of Topliss-reactive ketones (excluding diaryl/α,β-unsaturated/α-hetero) is 1. The van der Waals surface area contributed by atoms with Crippen molar-refractivity contribution in [2.75, 3.05) is 13.1 Å². The number of carbonyl (C=O) groups is 1. The first-order chi connectivity index (χ1) is 8.08. The van der Waals surface area contributed by atoms with E-state index in [2.05, 4.69) is 41.6 Å². The summed E-state index contributed by atoms with van der Waals surface area (Å²) in [6, 6.07) is 8.04. The number of halogens is 1. The van der Waals surface area contributed by atoms with Gasteiger partial charge in [-0.15, -0.1) is 0 Å². The average molecular weight is 298 g/mol. The lowest BCUT2D eigenvalue weighted by Gasteiger charge is -2.26. The lowest BCUT2D eigenvalue weighted by molar-refractivity contribution is 0.0902. The van der Waals surface area contributed by atoms with Crippen molar-refractivity contribution in [2.24, 2.45) is 0 Å². The van der Waals surface area contributed by atoms with E-state index >= 15 is 0 Å². The number of benzene rings is 1. The van der Waals surface area contributed by atoms with Gasteiger partial charge in [0.1, 0.15) is 0 Å². The predicted molar refractivity (Wildman–Crippen MR) is 75.5 cm³/mol. The van der Waals surface area contributed by atoms with E-state index < -0.39 is 0 Å². The zero-order chi connectivity index (χ0) is 12.8. The van der Waals surface area contributed by atoms with Gasteiger partial charge in [0.15, 0.2) is 5.78 Å². The van der Waals surface area contributed by atoms with E-state index in [4.69, 9.17) is 0 Å².